The predicted octanol–water partition coefficient (Wildman–Crippen LogP) is 33.5. The van der Waals surface area contributed by atoms with Crippen LogP contribution in [0.1, 0.15) is 0 Å². The second-order valence-corrected chi connectivity index (χ2v) is 31.6. The van der Waals surface area contributed by atoms with Gasteiger partial charge in [0, 0.05) is 82.8 Å². The first-order chi connectivity index (χ1) is 60.4. The predicted molar refractivity (Wildman–Crippen MR) is 518 cm³/mol. The molecule has 0 saturated carbocycles. The molecule has 3 heterocycles. The van der Waals surface area contributed by atoms with E-state index in [0.717, 1.165) is 117 Å². The van der Waals surface area contributed by atoms with Gasteiger partial charge < -0.3 is 29.2 Å². The van der Waals surface area contributed by atoms with Crippen LogP contribution in [0.2, 0.25) is 0 Å². The van der Waals surface area contributed by atoms with Crippen LogP contribution in [0.3, 0.4) is 0 Å². The molecular weight excluding hydrogens is 1480 g/mol. The molecule has 0 amide bonds. The Bertz CT molecular complexity index is 8390. The molecule has 0 spiro atoms. The molecule has 3 N–H and O–H groups in total. The van der Waals surface area contributed by atoms with Crippen molar-refractivity contribution in [1.29, 1.82) is 0 Å². The molecule has 0 radical (unpaired) electrons. The van der Waals surface area contributed by atoms with Crippen LogP contribution in [-0.4, -0.2) is 0 Å². The Labute approximate surface area is 703 Å². The zero-order chi connectivity index (χ0) is 80.6. The molecule has 0 aliphatic rings. The topological polar surface area (TPSA) is 75.5 Å². The summed E-state index contributed by atoms with van der Waals surface area (Å²) in [5, 5.41) is 37.4. The van der Waals surface area contributed by atoms with Gasteiger partial charge in [0.05, 0.1) is 0 Å². The fourth-order valence-electron chi connectivity index (χ4n) is 18.3. The van der Waals surface area contributed by atoms with Gasteiger partial charge in [0.15, 0.2) is 0 Å². The lowest BCUT2D eigenvalue weighted by Gasteiger charge is -2.11. The van der Waals surface area contributed by atoms with Gasteiger partial charge in [-0.25, -0.2) is 0 Å². The van der Waals surface area contributed by atoms with E-state index in [2.05, 4.69) is 447 Å². The smallest absolute Gasteiger partial charge is 0.143 e. The molecule has 6 nitrogen and oxygen atoms in total. The SMILES string of the molecule is c1cc(-c2ccc(Nc3ccc4c(ccc5ccccc54)c3)cc2)cc(-c2ccc3oc4ccc5ccccc5c4c3c2)c1.c1ccc(-c2ccc(Nc3ccc(-c4cccc5c4oc4c6ccccc6c6ccccc6c54)cc3)cc2)cc1.c1ccc2cc(Nc3ccc(-c4ccc5c(c4)oc4c6ccccc6c6ccccc6c54)cc3)ccc2c1. The molecule has 0 bridgehead atoms. The van der Waals surface area contributed by atoms with Gasteiger partial charge in [-0.1, -0.05) is 328 Å². The summed E-state index contributed by atoms with van der Waals surface area (Å²) in [6.45, 7) is 0. The van der Waals surface area contributed by atoms with Crippen LogP contribution in [0, 0.1) is 0 Å². The lowest BCUT2D eigenvalue weighted by molar-refractivity contribution is 0.669. The van der Waals surface area contributed by atoms with E-state index in [1.807, 2.05) is 6.07 Å². The van der Waals surface area contributed by atoms with Crippen LogP contribution in [0.15, 0.2) is 450 Å². The Kier molecular flexibility index (Phi) is 17.5. The Balaban J connectivity index is 0.000000107. The van der Waals surface area contributed by atoms with Crippen LogP contribution in [0.4, 0.5) is 34.1 Å². The van der Waals surface area contributed by atoms with Crippen LogP contribution < -0.4 is 16.0 Å². The fraction of sp³-hybridized carbons (Fsp3) is 0. The maximum absolute atomic E-state index is 6.72. The first kappa shape index (κ1) is 71.1. The van der Waals surface area contributed by atoms with Gasteiger partial charge in [0.25, 0.3) is 0 Å². The normalized spacial score (nSPS) is 11.6. The van der Waals surface area contributed by atoms with Gasteiger partial charge in [-0.3, -0.25) is 0 Å². The quantitative estimate of drug-likeness (QED) is 0.112. The van der Waals surface area contributed by atoms with Crippen LogP contribution in [0.5, 0.6) is 0 Å². The first-order valence-corrected chi connectivity index (χ1v) is 41.6. The molecule has 25 aromatic rings. The second kappa shape index (κ2) is 30.0. The minimum absolute atomic E-state index is 0.914. The highest BCUT2D eigenvalue weighted by molar-refractivity contribution is 6.32. The van der Waals surface area contributed by atoms with Gasteiger partial charge in [-0.2, -0.15) is 0 Å². The number of fused-ring (bicyclic) bond motifs is 25. The molecule has 0 aliphatic carbocycles. The summed E-state index contributed by atoms with van der Waals surface area (Å²) in [6, 6.07) is 155. The van der Waals surface area contributed by atoms with E-state index in [-0.39, 0.29) is 0 Å². The third-order valence-corrected chi connectivity index (χ3v) is 24.3. The number of anilines is 6. The minimum Gasteiger partial charge on any atom is -0.456 e. The van der Waals surface area contributed by atoms with Crippen molar-refractivity contribution < 1.29 is 13.3 Å². The maximum Gasteiger partial charge on any atom is 0.143 e. The molecule has 6 heteroatoms. The van der Waals surface area contributed by atoms with Crippen LogP contribution in [-0.2, 0) is 0 Å². The Morgan fingerprint density at radius 1 is 0.139 bits per heavy atom. The molecule has 0 atom stereocenters. The summed E-state index contributed by atoms with van der Waals surface area (Å²) in [5.41, 5.74) is 23.7. The zero-order valence-electron chi connectivity index (χ0n) is 66.3. The highest BCUT2D eigenvalue weighted by Crippen LogP contribution is 2.47. The molecule has 22 aromatic carbocycles. The number of rotatable bonds is 11. The second-order valence-electron chi connectivity index (χ2n) is 31.6. The van der Waals surface area contributed by atoms with Crippen molar-refractivity contribution >= 4 is 186 Å². The van der Waals surface area contributed by atoms with E-state index in [0.29, 0.717) is 0 Å². The summed E-state index contributed by atoms with van der Waals surface area (Å²) in [4.78, 5) is 0. The molecule has 0 unspecified atom stereocenters. The molecule has 25 rings (SSSR count). The summed E-state index contributed by atoms with van der Waals surface area (Å²) < 4.78 is 19.5. The Hall–Kier alpha value is -16.3. The molecule has 3 aromatic heterocycles. The van der Waals surface area contributed by atoms with E-state index in [1.54, 1.807) is 0 Å². The van der Waals surface area contributed by atoms with Gasteiger partial charge in [-0.05, 0) is 235 Å². The molecule has 0 saturated heterocycles. The number of furan rings is 3. The maximum atomic E-state index is 6.72. The molecule has 0 fully saturated rings. The van der Waals surface area contributed by atoms with E-state index in [1.165, 1.54) is 125 Å². The molecule has 122 heavy (non-hydrogen) atoms. The van der Waals surface area contributed by atoms with Crippen molar-refractivity contribution in [3.8, 4) is 55.6 Å². The van der Waals surface area contributed by atoms with Crippen LogP contribution in [0.25, 0.3) is 208 Å². The number of para-hydroxylation sites is 1. The van der Waals surface area contributed by atoms with Crippen molar-refractivity contribution in [2.24, 2.45) is 0 Å². The summed E-state index contributed by atoms with van der Waals surface area (Å²) in [5.74, 6) is 0. The van der Waals surface area contributed by atoms with Crippen LogP contribution >= 0.6 is 0 Å². The van der Waals surface area contributed by atoms with Crippen molar-refractivity contribution in [1.82, 2.24) is 0 Å². The fourth-order valence-corrected chi connectivity index (χ4v) is 18.3. The van der Waals surface area contributed by atoms with Gasteiger partial charge in [0.2, 0.25) is 0 Å². The monoisotopic (exact) mass is 1560 g/mol. The number of nitrogens with one attached hydrogen (secondary N) is 3. The largest absolute Gasteiger partial charge is 0.456 e. The van der Waals surface area contributed by atoms with Gasteiger partial charge in [-0.15, -0.1) is 0 Å². The first-order valence-electron chi connectivity index (χ1n) is 41.6. The number of hydrogen-bond acceptors (Lipinski definition) is 6. The lowest BCUT2D eigenvalue weighted by atomic mass is 9.96. The average molecular weight is 1560 g/mol. The summed E-state index contributed by atoms with van der Waals surface area (Å²) >= 11 is 0. The summed E-state index contributed by atoms with van der Waals surface area (Å²) in [7, 11) is 0. The van der Waals surface area contributed by atoms with Crippen molar-refractivity contribution in [2.45, 2.75) is 0 Å². The molecule has 0 aliphatic heterocycles. The van der Waals surface area contributed by atoms with Crippen molar-refractivity contribution in [3.05, 3.63) is 437 Å². The highest BCUT2D eigenvalue weighted by atomic mass is 16.3. The standard InChI is InChI=1S/C42H27NO.C38H25NO.C36H23NO/c1-3-10-36-28(6-1)12-13-33-25-35(20-21-37(33)36)43-34-18-14-27(15-19-34)30-8-5-9-31(24-30)32-17-22-40-39(26-32)42-38-11-4-2-7-29(38)16-23-41(42)44-40;1-2-9-25(10-3-1)26-17-21-28(22-18-26)39-29-23-19-27(20-24-29)30-15-8-16-35-36-33-13-6-4-11-31(33)32-12-5-7-14-34(32)38(36)40-37(30)35;1-2-8-25-21-28(19-15-23(25)7-1)37-27-17-13-24(14-18-27)26-16-20-33-34(22-26)38-36-32-12-6-4-10-30(32)29-9-3-5-11-31(29)35(33)36/h1-26,43H;1-24,39H;1-22,37H. The van der Waals surface area contributed by atoms with Crippen molar-refractivity contribution in [3.63, 3.8) is 0 Å². The van der Waals surface area contributed by atoms with Gasteiger partial charge in [0.1, 0.15) is 33.5 Å². The van der Waals surface area contributed by atoms with Gasteiger partial charge >= 0.3 is 0 Å². The molecule has 572 valence electrons. The molecular formula is C116H75N3O3. The zero-order valence-corrected chi connectivity index (χ0v) is 66.3. The Morgan fingerprint density at radius 2 is 0.508 bits per heavy atom. The highest BCUT2D eigenvalue weighted by Gasteiger charge is 2.21. The number of benzene rings is 22. The van der Waals surface area contributed by atoms with E-state index in [9.17, 15) is 0 Å². The lowest BCUT2D eigenvalue weighted by Crippen LogP contribution is -1.90. The Morgan fingerprint density at radius 3 is 1.15 bits per heavy atom. The summed E-state index contributed by atoms with van der Waals surface area (Å²) in [6.07, 6.45) is 0. The number of hydrogen-bond donors (Lipinski definition) is 3. The third kappa shape index (κ3) is 12.9. The third-order valence-electron chi connectivity index (χ3n) is 24.3. The van der Waals surface area contributed by atoms with E-state index >= 15 is 0 Å². The van der Waals surface area contributed by atoms with E-state index < -0.39 is 0 Å². The average Bonchev–Trinajstić information content (AvgIpc) is 1.56. The van der Waals surface area contributed by atoms with E-state index in [4.69, 9.17) is 13.3 Å². The minimum atomic E-state index is 0.914. The van der Waals surface area contributed by atoms with Crippen molar-refractivity contribution in [2.75, 3.05) is 16.0 Å².